The molecular formula is C17H24BrFO. The maximum absolute atomic E-state index is 13.3. The number of hydrogen-bond acceptors (Lipinski definition) is 1. The molecule has 1 aromatic rings. The minimum Gasteiger partial charge on any atom is -0.390 e. The van der Waals surface area contributed by atoms with Gasteiger partial charge in [-0.2, -0.15) is 0 Å². The molecule has 1 saturated carbocycles. The van der Waals surface area contributed by atoms with Gasteiger partial charge in [0.2, 0.25) is 0 Å². The van der Waals surface area contributed by atoms with E-state index in [1.807, 2.05) is 0 Å². The van der Waals surface area contributed by atoms with Gasteiger partial charge in [0.1, 0.15) is 5.82 Å². The zero-order chi connectivity index (χ0) is 14.8. The molecule has 2 rings (SSSR count). The Morgan fingerprint density at radius 2 is 2.10 bits per heavy atom. The first-order chi connectivity index (χ1) is 9.39. The van der Waals surface area contributed by atoms with Gasteiger partial charge in [0.25, 0.3) is 0 Å². The standard InChI is InChI=1S/C17H24BrFO/c1-12(2)14-4-3-8-17(20,9-7-14)11-13-5-6-16(19)15(18)10-13/h5-6,10,12,14,20H,3-4,7-9,11H2,1-2H3. The van der Waals surface area contributed by atoms with Gasteiger partial charge in [-0.15, -0.1) is 0 Å². The molecule has 2 unspecified atom stereocenters. The fourth-order valence-corrected chi connectivity index (χ4v) is 3.72. The second-order valence-corrected chi connectivity index (χ2v) is 7.44. The van der Waals surface area contributed by atoms with Gasteiger partial charge >= 0.3 is 0 Å². The van der Waals surface area contributed by atoms with Crippen molar-refractivity contribution in [2.75, 3.05) is 0 Å². The average Bonchev–Trinajstić information content (AvgIpc) is 2.56. The van der Waals surface area contributed by atoms with E-state index < -0.39 is 5.60 Å². The third-order valence-electron chi connectivity index (χ3n) is 4.66. The van der Waals surface area contributed by atoms with Crippen molar-refractivity contribution in [3.05, 3.63) is 34.1 Å². The van der Waals surface area contributed by atoms with Gasteiger partial charge in [-0.05, 0) is 64.7 Å². The molecule has 0 bridgehead atoms. The smallest absolute Gasteiger partial charge is 0.137 e. The van der Waals surface area contributed by atoms with Crippen LogP contribution in [0.3, 0.4) is 0 Å². The predicted octanol–water partition coefficient (Wildman–Crippen LogP) is 5.10. The first-order valence-electron chi connectivity index (χ1n) is 7.56. The zero-order valence-corrected chi connectivity index (χ0v) is 13.9. The SMILES string of the molecule is CC(C)C1CCCC(O)(Cc2ccc(F)c(Br)c2)CC1. The van der Waals surface area contributed by atoms with Crippen LogP contribution in [0.4, 0.5) is 4.39 Å². The fraction of sp³-hybridized carbons (Fsp3) is 0.647. The number of aliphatic hydroxyl groups is 1. The Kier molecular flexibility index (Phi) is 5.25. The summed E-state index contributed by atoms with van der Waals surface area (Å²) in [5, 5.41) is 10.9. The highest BCUT2D eigenvalue weighted by molar-refractivity contribution is 9.10. The lowest BCUT2D eigenvalue weighted by Crippen LogP contribution is -2.30. The lowest BCUT2D eigenvalue weighted by Gasteiger charge is -2.27. The Labute approximate surface area is 129 Å². The van der Waals surface area contributed by atoms with Crippen molar-refractivity contribution >= 4 is 15.9 Å². The minimum atomic E-state index is -0.624. The molecule has 0 aliphatic heterocycles. The summed E-state index contributed by atoms with van der Waals surface area (Å²) in [6.45, 7) is 4.54. The first kappa shape index (κ1) is 16.0. The first-order valence-corrected chi connectivity index (χ1v) is 8.35. The van der Waals surface area contributed by atoms with Crippen LogP contribution in [0.2, 0.25) is 0 Å². The Morgan fingerprint density at radius 3 is 2.75 bits per heavy atom. The van der Waals surface area contributed by atoms with E-state index in [1.54, 1.807) is 12.1 Å². The van der Waals surface area contributed by atoms with E-state index in [4.69, 9.17) is 0 Å². The van der Waals surface area contributed by atoms with Gasteiger partial charge < -0.3 is 5.11 Å². The molecule has 0 spiro atoms. The molecule has 0 heterocycles. The number of rotatable bonds is 3. The number of benzene rings is 1. The van der Waals surface area contributed by atoms with Crippen molar-refractivity contribution in [1.82, 2.24) is 0 Å². The van der Waals surface area contributed by atoms with Gasteiger partial charge in [-0.1, -0.05) is 32.8 Å². The van der Waals surface area contributed by atoms with Crippen molar-refractivity contribution < 1.29 is 9.50 Å². The maximum Gasteiger partial charge on any atom is 0.137 e. The summed E-state index contributed by atoms with van der Waals surface area (Å²) in [7, 11) is 0. The van der Waals surface area contributed by atoms with Crippen LogP contribution in [0, 0.1) is 17.7 Å². The van der Waals surface area contributed by atoms with E-state index in [2.05, 4.69) is 29.8 Å². The summed E-state index contributed by atoms with van der Waals surface area (Å²) in [5.74, 6) is 1.17. The second kappa shape index (κ2) is 6.57. The summed E-state index contributed by atoms with van der Waals surface area (Å²) in [4.78, 5) is 0. The molecule has 1 aliphatic rings. The molecule has 0 radical (unpaired) electrons. The van der Waals surface area contributed by atoms with Crippen LogP contribution in [0.5, 0.6) is 0 Å². The third-order valence-corrected chi connectivity index (χ3v) is 5.27. The lowest BCUT2D eigenvalue weighted by molar-refractivity contribution is 0.0236. The Hall–Kier alpha value is -0.410. The van der Waals surface area contributed by atoms with Crippen LogP contribution < -0.4 is 0 Å². The molecule has 1 N–H and O–H groups in total. The van der Waals surface area contributed by atoms with E-state index in [0.717, 1.165) is 37.2 Å². The Bertz CT molecular complexity index is 460. The molecule has 1 fully saturated rings. The maximum atomic E-state index is 13.3. The summed E-state index contributed by atoms with van der Waals surface area (Å²) >= 11 is 3.22. The highest BCUT2D eigenvalue weighted by atomic mass is 79.9. The van der Waals surface area contributed by atoms with E-state index in [-0.39, 0.29) is 5.82 Å². The number of halogens is 2. The van der Waals surface area contributed by atoms with Crippen LogP contribution in [0.1, 0.15) is 51.5 Å². The van der Waals surface area contributed by atoms with E-state index >= 15 is 0 Å². The van der Waals surface area contributed by atoms with Crippen molar-refractivity contribution in [3.63, 3.8) is 0 Å². The predicted molar refractivity (Wildman–Crippen MR) is 84.2 cm³/mol. The van der Waals surface area contributed by atoms with Gasteiger partial charge in [-0.3, -0.25) is 0 Å². The van der Waals surface area contributed by atoms with E-state index in [0.29, 0.717) is 16.8 Å². The normalized spacial score (nSPS) is 27.6. The molecule has 2 atom stereocenters. The van der Waals surface area contributed by atoms with Crippen molar-refractivity contribution in [1.29, 1.82) is 0 Å². The van der Waals surface area contributed by atoms with E-state index in [1.165, 1.54) is 12.5 Å². The van der Waals surface area contributed by atoms with Gasteiger partial charge in [0.05, 0.1) is 10.1 Å². The molecule has 20 heavy (non-hydrogen) atoms. The highest BCUT2D eigenvalue weighted by Crippen LogP contribution is 2.36. The molecule has 1 aliphatic carbocycles. The highest BCUT2D eigenvalue weighted by Gasteiger charge is 2.31. The summed E-state index contributed by atoms with van der Waals surface area (Å²) in [6, 6.07) is 5.04. The Balaban J connectivity index is 2.05. The van der Waals surface area contributed by atoms with Crippen LogP contribution in [-0.2, 0) is 6.42 Å². The zero-order valence-electron chi connectivity index (χ0n) is 12.3. The monoisotopic (exact) mass is 342 g/mol. The third kappa shape index (κ3) is 4.05. The molecular weight excluding hydrogens is 319 g/mol. The summed E-state index contributed by atoms with van der Waals surface area (Å²) < 4.78 is 13.7. The van der Waals surface area contributed by atoms with Crippen molar-refractivity contribution in [2.24, 2.45) is 11.8 Å². The van der Waals surface area contributed by atoms with Crippen LogP contribution in [0.25, 0.3) is 0 Å². The quantitative estimate of drug-likeness (QED) is 0.757. The van der Waals surface area contributed by atoms with Gasteiger partial charge in [-0.25, -0.2) is 4.39 Å². The minimum absolute atomic E-state index is 0.249. The fourth-order valence-electron chi connectivity index (χ4n) is 3.29. The largest absolute Gasteiger partial charge is 0.390 e. The van der Waals surface area contributed by atoms with E-state index in [9.17, 15) is 9.50 Å². The summed E-state index contributed by atoms with van der Waals surface area (Å²) in [6.07, 6.45) is 5.72. The number of hydrogen-bond donors (Lipinski definition) is 1. The van der Waals surface area contributed by atoms with Gasteiger partial charge in [0.15, 0.2) is 0 Å². The van der Waals surface area contributed by atoms with Crippen LogP contribution in [0.15, 0.2) is 22.7 Å². The Morgan fingerprint density at radius 1 is 1.35 bits per heavy atom. The van der Waals surface area contributed by atoms with Crippen molar-refractivity contribution in [3.8, 4) is 0 Å². The molecule has 1 nitrogen and oxygen atoms in total. The lowest BCUT2D eigenvalue weighted by atomic mass is 9.85. The van der Waals surface area contributed by atoms with Gasteiger partial charge in [0, 0.05) is 6.42 Å². The molecule has 1 aromatic carbocycles. The molecule has 0 amide bonds. The summed E-state index contributed by atoms with van der Waals surface area (Å²) in [5.41, 5.74) is 0.379. The van der Waals surface area contributed by atoms with Crippen LogP contribution >= 0.6 is 15.9 Å². The topological polar surface area (TPSA) is 20.2 Å². The molecule has 112 valence electrons. The van der Waals surface area contributed by atoms with Crippen LogP contribution in [-0.4, -0.2) is 10.7 Å². The average molecular weight is 343 g/mol. The molecule has 3 heteroatoms. The molecule has 0 saturated heterocycles. The second-order valence-electron chi connectivity index (χ2n) is 6.58. The van der Waals surface area contributed by atoms with Crippen molar-refractivity contribution in [2.45, 2.75) is 58.0 Å². The molecule has 0 aromatic heterocycles.